The van der Waals surface area contributed by atoms with Gasteiger partial charge in [-0.05, 0) is 44.0 Å². The first-order valence-corrected chi connectivity index (χ1v) is 7.71. The molecule has 0 saturated carbocycles. The van der Waals surface area contributed by atoms with Gasteiger partial charge in [0.1, 0.15) is 5.82 Å². The summed E-state index contributed by atoms with van der Waals surface area (Å²) in [5.74, 6) is 1.62. The first-order valence-electron chi connectivity index (χ1n) is 6.72. The predicted octanol–water partition coefficient (Wildman–Crippen LogP) is 2.51. The second-order valence-corrected chi connectivity index (χ2v) is 5.84. The molecule has 0 aliphatic carbocycles. The number of amides is 1. The van der Waals surface area contributed by atoms with E-state index < -0.39 is 0 Å². The molecular formula is C14H19N5OS. The quantitative estimate of drug-likeness (QED) is 0.433. The van der Waals surface area contributed by atoms with Gasteiger partial charge in [0.25, 0.3) is 0 Å². The predicted molar refractivity (Wildman–Crippen MR) is 85.3 cm³/mol. The van der Waals surface area contributed by atoms with Crippen LogP contribution in [0.25, 0.3) is 0 Å². The molecule has 21 heavy (non-hydrogen) atoms. The number of aryl methyl sites for hydroxylation is 2. The molecule has 1 amide bonds. The highest BCUT2D eigenvalue weighted by Gasteiger charge is 2.06. The number of anilines is 2. The smallest absolute Gasteiger partial charge is 0.224 e. The molecule has 7 heteroatoms. The molecule has 4 N–H and O–H groups in total. The van der Waals surface area contributed by atoms with Gasteiger partial charge in [0.05, 0.1) is 0 Å². The van der Waals surface area contributed by atoms with Gasteiger partial charge in [0.15, 0.2) is 0 Å². The summed E-state index contributed by atoms with van der Waals surface area (Å²) < 4.78 is 0. The SMILES string of the molecule is Cc1nc(SCCCC(=O)Nc2ccc(N)cc2C)n[nH]1. The summed E-state index contributed by atoms with van der Waals surface area (Å²) in [6.07, 6.45) is 1.25. The van der Waals surface area contributed by atoms with Crippen molar-refractivity contribution in [1.82, 2.24) is 15.2 Å². The van der Waals surface area contributed by atoms with Gasteiger partial charge in [-0.25, -0.2) is 4.98 Å². The van der Waals surface area contributed by atoms with Gasteiger partial charge < -0.3 is 11.1 Å². The third-order valence-corrected chi connectivity index (χ3v) is 3.81. The Hall–Kier alpha value is -2.02. The fourth-order valence-electron chi connectivity index (χ4n) is 1.82. The van der Waals surface area contributed by atoms with Crippen LogP contribution in [0.4, 0.5) is 11.4 Å². The van der Waals surface area contributed by atoms with E-state index in [0.29, 0.717) is 12.1 Å². The Labute approximate surface area is 127 Å². The number of nitrogens with one attached hydrogen (secondary N) is 2. The monoisotopic (exact) mass is 305 g/mol. The van der Waals surface area contributed by atoms with Crippen molar-refractivity contribution >= 4 is 29.0 Å². The number of carbonyl (C=O) groups excluding carboxylic acids is 1. The minimum Gasteiger partial charge on any atom is -0.399 e. The van der Waals surface area contributed by atoms with Crippen LogP contribution in [0.1, 0.15) is 24.2 Å². The molecular weight excluding hydrogens is 286 g/mol. The first-order chi connectivity index (χ1) is 10.0. The third-order valence-electron chi connectivity index (χ3n) is 2.88. The topological polar surface area (TPSA) is 96.7 Å². The third kappa shape index (κ3) is 4.78. The highest BCUT2D eigenvalue weighted by Crippen LogP contribution is 2.18. The zero-order valence-electron chi connectivity index (χ0n) is 12.1. The number of hydrogen-bond acceptors (Lipinski definition) is 5. The molecule has 0 radical (unpaired) electrons. The number of aromatic amines is 1. The van der Waals surface area contributed by atoms with Gasteiger partial charge in [0.2, 0.25) is 11.1 Å². The van der Waals surface area contributed by atoms with Crippen LogP contribution < -0.4 is 11.1 Å². The fraction of sp³-hybridized carbons (Fsp3) is 0.357. The molecule has 0 fully saturated rings. The summed E-state index contributed by atoms with van der Waals surface area (Å²) >= 11 is 1.54. The average molecular weight is 305 g/mol. The van der Waals surface area contributed by atoms with Gasteiger partial charge >= 0.3 is 0 Å². The molecule has 112 valence electrons. The van der Waals surface area contributed by atoms with Crippen molar-refractivity contribution in [3.8, 4) is 0 Å². The van der Waals surface area contributed by atoms with E-state index in [1.807, 2.05) is 26.0 Å². The first kappa shape index (κ1) is 15.4. The van der Waals surface area contributed by atoms with Crippen LogP contribution >= 0.6 is 11.8 Å². The van der Waals surface area contributed by atoms with Gasteiger partial charge in [-0.1, -0.05) is 11.8 Å². The van der Waals surface area contributed by atoms with E-state index in [9.17, 15) is 4.79 Å². The van der Waals surface area contributed by atoms with Crippen molar-refractivity contribution in [2.75, 3.05) is 16.8 Å². The number of hydrogen-bond donors (Lipinski definition) is 3. The van der Waals surface area contributed by atoms with E-state index in [-0.39, 0.29) is 5.91 Å². The van der Waals surface area contributed by atoms with Crippen molar-refractivity contribution in [3.63, 3.8) is 0 Å². The molecule has 0 saturated heterocycles. The lowest BCUT2D eigenvalue weighted by molar-refractivity contribution is -0.116. The molecule has 0 aliphatic heterocycles. The Balaban J connectivity index is 1.72. The fourth-order valence-corrected chi connectivity index (χ4v) is 2.61. The van der Waals surface area contributed by atoms with Crippen LogP contribution in [0.15, 0.2) is 23.4 Å². The lowest BCUT2D eigenvalue weighted by Gasteiger charge is -2.08. The van der Waals surface area contributed by atoms with Crippen molar-refractivity contribution in [1.29, 1.82) is 0 Å². The normalized spacial score (nSPS) is 10.6. The van der Waals surface area contributed by atoms with Crippen LogP contribution in [0.2, 0.25) is 0 Å². The van der Waals surface area contributed by atoms with Crippen LogP contribution in [0.5, 0.6) is 0 Å². The van der Waals surface area contributed by atoms with Crippen LogP contribution in [0.3, 0.4) is 0 Å². The Morgan fingerprint density at radius 1 is 1.43 bits per heavy atom. The summed E-state index contributed by atoms with van der Waals surface area (Å²) in [6.45, 7) is 3.78. The number of nitrogen functional groups attached to an aromatic ring is 1. The Bertz CT molecular complexity index is 626. The summed E-state index contributed by atoms with van der Waals surface area (Å²) in [5, 5.41) is 10.4. The number of nitrogens with two attached hydrogens (primary N) is 1. The summed E-state index contributed by atoms with van der Waals surface area (Å²) in [5.41, 5.74) is 8.16. The number of thioether (sulfide) groups is 1. The van der Waals surface area contributed by atoms with Gasteiger partial charge in [-0.2, -0.15) is 0 Å². The average Bonchev–Trinajstić information content (AvgIpc) is 2.84. The summed E-state index contributed by atoms with van der Waals surface area (Å²) in [6, 6.07) is 5.45. The number of rotatable bonds is 6. The zero-order chi connectivity index (χ0) is 15.2. The van der Waals surface area contributed by atoms with E-state index in [4.69, 9.17) is 5.73 Å². The highest BCUT2D eigenvalue weighted by atomic mass is 32.2. The molecule has 0 bridgehead atoms. The van der Waals surface area contributed by atoms with E-state index in [2.05, 4.69) is 20.5 Å². The number of benzene rings is 1. The molecule has 6 nitrogen and oxygen atoms in total. The van der Waals surface area contributed by atoms with E-state index >= 15 is 0 Å². The number of carbonyl (C=O) groups is 1. The van der Waals surface area contributed by atoms with Gasteiger partial charge in [0, 0.05) is 23.5 Å². The molecule has 1 heterocycles. The molecule has 2 rings (SSSR count). The zero-order valence-corrected chi connectivity index (χ0v) is 13.0. The summed E-state index contributed by atoms with van der Waals surface area (Å²) in [7, 11) is 0. The Morgan fingerprint density at radius 2 is 2.24 bits per heavy atom. The maximum atomic E-state index is 11.9. The number of nitrogens with zero attached hydrogens (tertiary/aromatic N) is 2. The Kier molecular flexibility index (Phi) is 5.21. The highest BCUT2D eigenvalue weighted by molar-refractivity contribution is 7.99. The van der Waals surface area contributed by atoms with E-state index in [1.54, 1.807) is 17.8 Å². The minimum atomic E-state index is 0.00892. The lowest BCUT2D eigenvalue weighted by Crippen LogP contribution is -2.12. The maximum absolute atomic E-state index is 11.9. The molecule has 0 atom stereocenters. The van der Waals surface area contributed by atoms with Gasteiger partial charge in [-0.15, -0.1) is 5.10 Å². The van der Waals surface area contributed by atoms with Crippen molar-refractivity contribution < 1.29 is 4.79 Å². The van der Waals surface area contributed by atoms with Crippen molar-refractivity contribution in [3.05, 3.63) is 29.6 Å². The lowest BCUT2D eigenvalue weighted by atomic mass is 10.1. The van der Waals surface area contributed by atoms with E-state index in [1.165, 1.54) is 0 Å². The number of aromatic nitrogens is 3. The molecule has 1 aromatic carbocycles. The van der Waals surface area contributed by atoms with Crippen molar-refractivity contribution in [2.45, 2.75) is 31.8 Å². The van der Waals surface area contributed by atoms with E-state index in [0.717, 1.165) is 34.4 Å². The molecule has 0 aliphatic rings. The second-order valence-electron chi connectivity index (χ2n) is 4.78. The van der Waals surface area contributed by atoms with Crippen LogP contribution in [-0.4, -0.2) is 26.8 Å². The summed E-state index contributed by atoms with van der Waals surface area (Å²) in [4.78, 5) is 16.1. The largest absolute Gasteiger partial charge is 0.399 e. The molecule has 2 aromatic rings. The Morgan fingerprint density at radius 3 is 2.90 bits per heavy atom. The maximum Gasteiger partial charge on any atom is 0.224 e. The molecule has 1 aromatic heterocycles. The van der Waals surface area contributed by atoms with Crippen LogP contribution in [0, 0.1) is 13.8 Å². The minimum absolute atomic E-state index is 0.00892. The van der Waals surface area contributed by atoms with Crippen molar-refractivity contribution in [2.24, 2.45) is 0 Å². The number of H-pyrrole nitrogens is 1. The van der Waals surface area contributed by atoms with Crippen LogP contribution in [-0.2, 0) is 4.79 Å². The molecule has 0 spiro atoms. The molecule has 0 unspecified atom stereocenters. The standard InChI is InChI=1S/C14H19N5OS/c1-9-8-11(15)5-6-12(9)17-13(20)4-3-7-21-14-16-10(2)18-19-14/h5-6,8H,3-4,7,15H2,1-2H3,(H,17,20)(H,16,18,19). The van der Waals surface area contributed by atoms with Gasteiger partial charge in [-0.3, -0.25) is 9.89 Å². The second kappa shape index (κ2) is 7.12.